The van der Waals surface area contributed by atoms with Crippen molar-refractivity contribution in [2.45, 2.75) is 0 Å². The molecule has 4 rings (SSSR count). The Bertz CT molecular complexity index is 1090. The lowest BCUT2D eigenvalue weighted by Crippen LogP contribution is -2.28. The minimum absolute atomic E-state index is 0.156. The lowest BCUT2D eigenvalue weighted by molar-refractivity contribution is 0.0955. The molecular formula is C18H16N8OS. The zero-order valence-corrected chi connectivity index (χ0v) is 15.5. The molecule has 0 saturated heterocycles. The van der Waals surface area contributed by atoms with Crippen LogP contribution in [0.2, 0.25) is 0 Å². The van der Waals surface area contributed by atoms with Crippen LogP contribution in [0.5, 0.6) is 0 Å². The molecule has 4 aromatic rings. The number of hydrogen-bond acceptors (Lipinski definition) is 9. The van der Waals surface area contributed by atoms with Crippen molar-refractivity contribution in [2.24, 2.45) is 0 Å². The van der Waals surface area contributed by atoms with Crippen LogP contribution >= 0.6 is 11.7 Å². The van der Waals surface area contributed by atoms with Crippen LogP contribution in [-0.2, 0) is 0 Å². The molecule has 0 aliphatic carbocycles. The molecule has 0 bridgehead atoms. The van der Waals surface area contributed by atoms with Crippen LogP contribution in [-0.4, -0.2) is 42.7 Å². The zero-order valence-electron chi connectivity index (χ0n) is 14.7. The second kappa shape index (κ2) is 8.35. The van der Waals surface area contributed by atoms with E-state index in [9.17, 15) is 4.79 Å². The highest BCUT2D eigenvalue weighted by Crippen LogP contribution is 2.14. The van der Waals surface area contributed by atoms with Gasteiger partial charge >= 0.3 is 0 Å². The van der Waals surface area contributed by atoms with Gasteiger partial charge in [0.1, 0.15) is 34.8 Å². The van der Waals surface area contributed by atoms with Crippen molar-refractivity contribution in [3.8, 4) is 0 Å². The van der Waals surface area contributed by atoms with Crippen LogP contribution < -0.4 is 16.0 Å². The maximum absolute atomic E-state index is 12.3. The molecule has 0 spiro atoms. The standard InChI is InChI=1S/C18H16N8OS/c27-18(12-4-5-13-14(9-12)26-28-25-13)21-8-7-20-16-10-17(23-11-22-16)24-15-3-1-2-6-19-15/h1-6,9-11H,7-8H2,(H,21,27)(H2,19,20,22,23,24). The van der Waals surface area contributed by atoms with Gasteiger partial charge in [-0.15, -0.1) is 0 Å². The summed E-state index contributed by atoms with van der Waals surface area (Å²) in [6, 6.07) is 12.6. The number of fused-ring (bicyclic) bond motifs is 1. The Morgan fingerprint density at radius 1 is 0.893 bits per heavy atom. The van der Waals surface area contributed by atoms with E-state index in [0.29, 0.717) is 36.1 Å². The quantitative estimate of drug-likeness (QED) is 0.411. The molecule has 140 valence electrons. The summed E-state index contributed by atoms with van der Waals surface area (Å²) in [4.78, 5) is 24.8. The monoisotopic (exact) mass is 392 g/mol. The summed E-state index contributed by atoms with van der Waals surface area (Å²) < 4.78 is 8.28. The van der Waals surface area contributed by atoms with Gasteiger partial charge in [0, 0.05) is 30.9 Å². The van der Waals surface area contributed by atoms with Crippen molar-refractivity contribution in [1.82, 2.24) is 29.0 Å². The molecule has 0 radical (unpaired) electrons. The van der Waals surface area contributed by atoms with Crippen molar-refractivity contribution in [2.75, 3.05) is 23.7 Å². The minimum atomic E-state index is -0.156. The largest absolute Gasteiger partial charge is 0.368 e. The maximum atomic E-state index is 12.3. The Morgan fingerprint density at radius 2 is 1.79 bits per heavy atom. The van der Waals surface area contributed by atoms with Crippen LogP contribution in [0.15, 0.2) is 55.0 Å². The number of amides is 1. The summed E-state index contributed by atoms with van der Waals surface area (Å²) >= 11 is 1.13. The Kier molecular flexibility index (Phi) is 5.29. The summed E-state index contributed by atoms with van der Waals surface area (Å²) in [6.45, 7) is 0.964. The average Bonchev–Trinajstić information content (AvgIpc) is 3.20. The van der Waals surface area contributed by atoms with Crippen LogP contribution in [0.4, 0.5) is 17.5 Å². The number of anilines is 3. The van der Waals surface area contributed by atoms with E-state index in [0.717, 1.165) is 22.8 Å². The second-order valence-corrected chi connectivity index (χ2v) is 6.31. The Balaban J connectivity index is 1.28. The Morgan fingerprint density at radius 3 is 2.68 bits per heavy atom. The molecule has 10 heteroatoms. The molecule has 3 aromatic heterocycles. The van der Waals surface area contributed by atoms with Gasteiger partial charge < -0.3 is 16.0 Å². The molecule has 9 nitrogen and oxygen atoms in total. The number of aromatic nitrogens is 5. The third-order valence-corrected chi connectivity index (χ3v) is 4.38. The lowest BCUT2D eigenvalue weighted by atomic mass is 10.2. The number of carbonyl (C=O) groups excluding carboxylic acids is 1. The molecule has 0 unspecified atom stereocenters. The molecule has 0 saturated carbocycles. The first kappa shape index (κ1) is 17.7. The highest BCUT2D eigenvalue weighted by molar-refractivity contribution is 7.00. The van der Waals surface area contributed by atoms with Crippen molar-refractivity contribution in [3.63, 3.8) is 0 Å². The number of pyridine rings is 1. The lowest BCUT2D eigenvalue weighted by Gasteiger charge is -2.09. The predicted octanol–water partition coefficient (Wildman–Crippen LogP) is 2.46. The van der Waals surface area contributed by atoms with E-state index in [1.54, 1.807) is 30.5 Å². The molecule has 1 aromatic carbocycles. The van der Waals surface area contributed by atoms with E-state index >= 15 is 0 Å². The summed E-state index contributed by atoms with van der Waals surface area (Å²) in [5.41, 5.74) is 2.08. The second-order valence-electron chi connectivity index (χ2n) is 5.78. The molecule has 0 fully saturated rings. The summed E-state index contributed by atoms with van der Waals surface area (Å²) in [5, 5.41) is 9.13. The topological polar surface area (TPSA) is 118 Å². The molecule has 0 atom stereocenters. The molecule has 0 aliphatic rings. The minimum Gasteiger partial charge on any atom is -0.368 e. The van der Waals surface area contributed by atoms with E-state index in [2.05, 4.69) is 39.6 Å². The van der Waals surface area contributed by atoms with Gasteiger partial charge in [0.15, 0.2) is 0 Å². The normalized spacial score (nSPS) is 10.6. The van der Waals surface area contributed by atoms with Crippen LogP contribution in [0.25, 0.3) is 11.0 Å². The zero-order chi connectivity index (χ0) is 19.2. The highest BCUT2D eigenvalue weighted by atomic mass is 32.1. The van der Waals surface area contributed by atoms with Crippen molar-refractivity contribution in [3.05, 3.63) is 60.6 Å². The molecule has 1 amide bonds. The van der Waals surface area contributed by atoms with Crippen molar-refractivity contribution >= 4 is 46.1 Å². The van der Waals surface area contributed by atoms with Crippen LogP contribution in [0.1, 0.15) is 10.4 Å². The first-order valence-electron chi connectivity index (χ1n) is 8.52. The fourth-order valence-corrected chi connectivity index (χ4v) is 3.00. The summed E-state index contributed by atoms with van der Waals surface area (Å²) in [6.07, 6.45) is 3.16. The molecule has 3 N–H and O–H groups in total. The van der Waals surface area contributed by atoms with E-state index in [1.165, 1.54) is 6.33 Å². The molecule has 0 aliphatic heterocycles. The van der Waals surface area contributed by atoms with Gasteiger partial charge in [-0.1, -0.05) is 6.07 Å². The first-order chi connectivity index (χ1) is 13.8. The number of hydrogen-bond donors (Lipinski definition) is 3. The maximum Gasteiger partial charge on any atom is 0.251 e. The van der Waals surface area contributed by atoms with E-state index in [4.69, 9.17) is 0 Å². The first-order valence-corrected chi connectivity index (χ1v) is 9.25. The van der Waals surface area contributed by atoms with E-state index in [-0.39, 0.29) is 5.91 Å². The van der Waals surface area contributed by atoms with Gasteiger partial charge in [-0.2, -0.15) is 8.75 Å². The fraction of sp³-hybridized carbons (Fsp3) is 0.111. The van der Waals surface area contributed by atoms with Gasteiger partial charge in [0.2, 0.25) is 0 Å². The van der Waals surface area contributed by atoms with Gasteiger partial charge in [-0.05, 0) is 30.3 Å². The Labute approximate surface area is 164 Å². The van der Waals surface area contributed by atoms with Gasteiger partial charge in [-0.25, -0.2) is 15.0 Å². The number of carbonyl (C=O) groups is 1. The van der Waals surface area contributed by atoms with E-state index in [1.807, 2.05) is 18.2 Å². The third-order valence-electron chi connectivity index (χ3n) is 3.82. The smallest absolute Gasteiger partial charge is 0.251 e. The van der Waals surface area contributed by atoms with Gasteiger partial charge in [0.05, 0.1) is 11.7 Å². The van der Waals surface area contributed by atoms with Crippen molar-refractivity contribution in [1.29, 1.82) is 0 Å². The van der Waals surface area contributed by atoms with Crippen LogP contribution in [0, 0.1) is 0 Å². The van der Waals surface area contributed by atoms with Gasteiger partial charge in [-0.3, -0.25) is 4.79 Å². The van der Waals surface area contributed by atoms with Crippen LogP contribution in [0.3, 0.4) is 0 Å². The fourth-order valence-electron chi connectivity index (χ4n) is 2.48. The predicted molar refractivity (Wildman–Crippen MR) is 108 cm³/mol. The molecule has 28 heavy (non-hydrogen) atoms. The number of nitrogens with zero attached hydrogens (tertiary/aromatic N) is 5. The summed E-state index contributed by atoms with van der Waals surface area (Å²) in [5.74, 6) is 1.83. The average molecular weight is 392 g/mol. The Hall–Kier alpha value is -3.66. The molecule has 3 heterocycles. The SMILES string of the molecule is O=C(NCCNc1cc(Nc2ccccn2)ncn1)c1ccc2nsnc2c1. The van der Waals surface area contributed by atoms with E-state index < -0.39 is 0 Å². The van der Waals surface area contributed by atoms with Gasteiger partial charge in [0.25, 0.3) is 5.91 Å². The van der Waals surface area contributed by atoms with Crippen molar-refractivity contribution < 1.29 is 4.79 Å². The number of nitrogens with one attached hydrogen (secondary N) is 3. The third kappa shape index (κ3) is 4.35. The highest BCUT2D eigenvalue weighted by Gasteiger charge is 2.07. The number of rotatable bonds is 7. The number of benzene rings is 1. The summed E-state index contributed by atoms with van der Waals surface area (Å²) in [7, 11) is 0. The molecular weight excluding hydrogens is 376 g/mol.